The Hall–Kier alpha value is -1.42. The molecule has 1 heterocycles. The Morgan fingerprint density at radius 3 is 3.08 bits per heavy atom. The van der Waals surface area contributed by atoms with Crippen molar-refractivity contribution < 1.29 is 9.90 Å². The van der Waals surface area contributed by atoms with E-state index in [1.54, 1.807) is 25.3 Å². The van der Waals surface area contributed by atoms with E-state index in [0.29, 0.717) is 11.3 Å². The van der Waals surface area contributed by atoms with Gasteiger partial charge in [-0.1, -0.05) is 0 Å². The Morgan fingerprint density at radius 2 is 2.46 bits per heavy atom. The molecule has 0 radical (unpaired) electrons. The van der Waals surface area contributed by atoms with Crippen LogP contribution in [0.1, 0.15) is 16.1 Å². The normalized spacial score (nSPS) is 9.69. The lowest BCUT2D eigenvalue weighted by Crippen LogP contribution is -2.27. The third-order valence-corrected chi connectivity index (χ3v) is 1.65. The van der Waals surface area contributed by atoms with Gasteiger partial charge in [0.1, 0.15) is 0 Å². The fourth-order valence-corrected chi connectivity index (χ4v) is 0.989. The van der Waals surface area contributed by atoms with Crippen molar-refractivity contribution in [1.82, 2.24) is 10.3 Å². The number of nitrogens with zero attached hydrogens (tertiary/aromatic N) is 1. The fraction of sp³-hybridized carbons (Fsp3) is 0.333. The van der Waals surface area contributed by atoms with Crippen LogP contribution < -0.4 is 5.32 Å². The number of hydrogen-bond acceptors (Lipinski definition) is 3. The molecule has 4 heteroatoms. The van der Waals surface area contributed by atoms with Crippen LogP contribution in [-0.2, 0) is 0 Å². The summed E-state index contributed by atoms with van der Waals surface area (Å²) in [4.78, 5) is 15.3. The van der Waals surface area contributed by atoms with Crippen molar-refractivity contribution in [2.24, 2.45) is 0 Å². The predicted molar refractivity (Wildman–Crippen MR) is 48.4 cm³/mol. The molecule has 0 aromatic carbocycles. The van der Waals surface area contributed by atoms with Crippen LogP contribution >= 0.6 is 0 Å². The summed E-state index contributed by atoms with van der Waals surface area (Å²) in [6.45, 7) is 1.99. The quantitative estimate of drug-likeness (QED) is 0.694. The number of aliphatic hydroxyl groups is 1. The summed E-state index contributed by atoms with van der Waals surface area (Å²) in [6, 6.07) is 3.41. The topological polar surface area (TPSA) is 62.2 Å². The highest BCUT2D eigenvalue weighted by Gasteiger charge is 2.06. The van der Waals surface area contributed by atoms with E-state index in [1.807, 2.05) is 0 Å². The highest BCUT2D eigenvalue weighted by Crippen LogP contribution is 2.02. The molecule has 0 atom stereocenters. The van der Waals surface area contributed by atoms with E-state index in [9.17, 15) is 4.79 Å². The van der Waals surface area contributed by atoms with E-state index in [0.717, 1.165) is 0 Å². The zero-order valence-corrected chi connectivity index (χ0v) is 7.45. The zero-order valence-electron chi connectivity index (χ0n) is 7.45. The van der Waals surface area contributed by atoms with Gasteiger partial charge in [0.2, 0.25) is 0 Å². The van der Waals surface area contributed by atoms with E-state index in [4.69, 9.17) is 5.11 Å². The van der Waals surface area contributed by atoms with E-state index < -0.39 is 0 Å². The van der Waals surface area contributed by atoms with Crippen LogP contribution in [0.3, 0.4) is 0 Å². The Balaban J connectivity index is 2.71. The molecular weight excluding hydrogens is 168 g/mol. The number of aliphatic hydroxyl groups excluding tert-OH is 1. The maximum atomic E-state index is 11.4. The van der Waals surface area contributed by atoms with Gasteiger partial charge in [0, 0.05) is 18.4 Å². The lowest BCUT2D eigenvalue weighted by atomic mass is 10.2. The van der Waals surface area contributed by atoms with Gasteiger partial charge < -0.3 is 10.4 Å². The van der Waals surface area contributed by atoms with Crippen molar-refractivity contribution in [2.45, 2.75) is 6.92 Å². The van der Waals surface area contributed by atoms with Crippen LogP contribution in [0.4, 0.5) is 0 Å². The molecule has 0 bridgehead atoms. The minimum absolute atomic E-state index is 0.0505. The minimum atomic E-state index is -0.195. The maximum Gasteiger partial charge on any atom is 0.253 e. The molecule has 2 N–H and O–H groups in total. The third-order valence-electron chi connectivity index (χ3n) is 1.65. The molecule has 0 spiro atoms. The Kier molecular flexibility index (Phi) is 3.40. The van der Waals surface area contributed by atoms with Gasteiger partial charge in [0.25, 0.3) is 5.91 Å². The molecule has 0 fully saturated rings. The summed E-state index contributed by atoms with van der Waals surface area (Å²) in [6.07, 6.45) is 1.64. The first-order chi connectivity index (χ1) is 6.25. The molecule has 1 rings (SSSR count). The first-order valence-electron chi connectivity index (χ1n) is 4.06. The molecular formula is C9H12N2O2. The van der Waals surface area contributed by atoms with E-state index in [-0.39, 0.29) is 19.1 Å². The molecule has 1 aromatic heterocycles. The minimum Gasteiger partial charge on any atom is -0.395 e. The molecule has 0 unspecified atom stereocenters. The number of carbonyl (C=O) groups is 1. The largest absolute Gasteiger partial charge is 0.395 e. The first kappa shape index (κ1) is 9.67. The van der Waals surface area contributed by atoms with E-state index >= 15 is 0 Å². The number of pyridine rings is 1. The summed E-state index contributed by atoms with van der Waals surface area (Å²) in [5, 5.41) is 11.1. The van der Waals surface area contributed by atoms with Crippen molar-refractivity contribution >= 4 is 5.91 Å². The summed E-state index contributed by atoms with van der Waals surface area (Å²) < 4.78 is 0. The average Bonchev–Trinajstić information content (AvgIpc) is 2.15. The Labute approximate surface area is 76.6 Å². The number of aromatic nitrogens is 1. The number of hydrogen-bond donors (Lipinski definition) is 2. The lowest BCUT2D eigenvalue weighted by molar-refractivity contribution is 0.0943. The molecule has 13 heavy (non-hydrogen) atoms. The standard InChI is InChI=1S/C9H12N2O2/c1-7-8(3-2-4-10-7)9(13)11-5-6-12/h2-4,12H,5-6H2,1H3,(H,11,13). The van der Waals surface area contributed by atoms with E-state index in [2.05, 4.69) is 10.3 Å². The van der Waals surface area contributed by atoms with Crippen LogP contribution in [0.2, 0.25) is 0 Å². The van der Waals surface area contributed by atoms with E-state index in [1.165, 1.54) is 0 Å². The number of carbonyl (C=O) groups excluding carboxylic acids is 1. The Bertz CT molecular complexity index is 299. The number of nitrogens with one attached hydrogen (secondary N) is 1. The van der Waals surface area contributed by atoms with Crippen molar-refractivity contribution in [3.05, 3.63) is 29.6 Å². The van der Waals surface area contributed by atoms with Crippen LogP contribution in [0.15, 0.2) is 18.3 Å². The number of aryl methyl sites for hydroxylation is 1. The van der Waals surface area contributed by atoms with Gasteiger partial charge in [-0.2, -0.15) is 0 Å². The van der Waals surface area contributed by atoms with Gasteiger partial charge >= 0.3 is 0 Å². The van der Waals surface area contributed by atoms with Gasteiger partial charge in [-0.25, -0.2) is 0 Å². The van der Waals surface area contributed by atoms with Gasteiger partial charge in [-0.05, 0) is 19.1 Å². The molecule has 70 valence electrons. The lowest BCUT2D eigenvalue weighted by Gasteiger charge is -2.04. The summed E-state index contributed by atoms with van der Waals surface area (Å²) >= 11 is 0. The second kappa shape index (κ2) is 4.57. The molecule has 0 aliphatic carbocycles. The van der Waals surface area contributed by atoms with Gasteiger partial charge in [-0.3, -0.25) is 9.78 Å². The second-order valence-corrected chi connectivity index (χ2v) is 2.62. The highest BCUT2D eigenvalue weighted by molar-refractivity contribution is 5.95. The number of amides is 1. The monoisotopic (exact) mass is 180 g/mol. The highest BCUT2D eigenvalue weighted by atomic mass is 16.3. The van der Waals surface area contributed by atoms with Crippen LogP contribution in [0.5, 0.6) is 0 Å². The smallest absolute Gasteiger partial charge is 0.253 e. The van der Waals surface area contributed by atoms with Gasteiger partial charge in [0.15, 0.2) is 0 Å². The molecule has 0 saturated carbocycles. The second-order valence-electron chi connectivity index (χ2n) is 2.62. The molecule has 4 nitrogen and oxygen atoms in total. The molecule has 0 aliphatic heterocycles. The van der Waals surface area contributed by atoms with Crippen LogP contribution in [-0.4, -0.2) is 29.1 Å². The molecule has 1 amide bonds. The van der Waals surface area contributed by atoms with Gasteiger partial charge in [-0.15, -0.1) is 0 Å². The average molecular weight is 180 g/mol. The molecule has 1 aromatic rings. The van der Waals surface area contributed by atoms with Crippen molar-refractivity contribution in [2.75, 3.05) is 13.2 Å². The third kappa shape index (κ3) is 2.52. The van der Waals surface area contributed by atoms with Crippen molar-refractivity contribution in [3.63, 3.8) is 0 Å². The van der Waals surface area contributed by atoms with Crippen LogP contribution in [0, 0.1) is 6.92 Å². The summed E-state index contributed by atoms with van der Waals surface area (Å²) in [7, 11) is 0. The fourth-order valence-electron chi connectivity index (χ4n) is 0.989. The summed E-state index contributed by atoms with van der Waals surface area (Å²) in [5.74, 6) is -0.195. The van der Waals surface area contributed by atoms with Crippen molar-refractivity contribution in [3.8, 4) is 0 Å². The van der Waals surface area contributed by atoms with Crippen molar-refractivity contribution in [1.29, 1.82) is 0 Å². The maximum absolute atomic E-state index is 11.4. The molecule has 0 saturated heterocycles. The van der Waals surface area contributed by atoms with Gasteiger partial charge in [0.05, 0.1) is 12.2 Å². The predicted octanol–water partition coefficient (Wildman–Crippen LogP) is 0.112. The number of rotatable bonds is 3. The SMILES string of the molecule is Cc1ncccc1C(=O)NCCO. The molecule has 0 aliphatic rings. The first-order valence-corrected chi connectivity index (χ1v) is 4.06. The zero-order chi connectivity index (χ0) is 9.68. The Morgan fingerprint density at radius 1 is 1.69 bits per heavy atom. The summed E-state index contributed by atoms with van der Waals surface area (Å²) in [5.41, 5.74) is 1.24. The van der Waals surface area contributed by atoms with Crippen LogP contribution in [0.25, 0.3) is 0 Å².